The molecular formula is C25H39NO5. The van der Waals surface area contributed by atoms with Gasteiger partial charge >= 0.3 is 12.1 Å². The molecule has 0 unspecified atom stereocenters. The third-order valence-electron chi connectivity index (χ3n) is 5.84. The normalized spacial score (nSPS) is 19.6. The molecule has 0 spiro atoms. The second kappa shape index (κ2) is 10.0. The first-order valence-corrected chi connectivity index (χ1v) is 11.1. The number of carbonyl (C=O) groups is 2. The molecule has 0 bridgehead atoms. The van der Waals surface area contributed by atoms with Crippen molar-refractivity contribution in [3.8, 4) is 0 Å². The summed E-state index contributed by atoms with van der Waals surface area (Å²) in [6.45, 7) is 15.1. The van der Waals surface area contributed by atoms with Gasteiger partial charge in [0, 0.05) is 18.6 Å². The highest BCUT2D eigenvalue weighted by Crippen LogP contribution is 2.41. The van der Waals surface area contributed by atoms with Crippen molar-refractivity contribution in [3.63, 3.8) is 0 Å². The molecule has 1 saturated heterocycles. The van der Waals surface area contributed by atoms with Crippen LogP contribution in [-0.4, -0.2) is 36.9 Å². The van der Waals surface area contributed by atoms with Gasteiger partial charge in [0.2, 0.25) is 0 Å². The first kappa shape index (κ1) is 25.2. The highest BCUT2D eigenvalue weighted by atomic mass is 16.6. The minimum Gasteiger partial charge on any atom is -0.465 e. The van der Waals surface area contributed by atoms with Gasteiger partial charge in [-0.05, 0) is 58.4 Å². The van der Waals surface area contributed by atoms with Crippen molar-refractivity contribution in [1.29, 1.82) is 0 Å². The van der Waals surface area contributed by atoms with Crippen LogP contribution < -0.4 is 5.32 Å². The lowest BCUT2D eigenvalue weighted by molar-refractivity contribution is -0.145. The van der Waals surface area contributed by atoms with Crippen molar-refractivity contribution >= 4 is 12.1 Å². The van der Waals surface area contributed by atoms with Gasteiger partial charge in [-0.3, -0.25) is 4.79 Å². The third-order valence-corrected chi connectivity index (χ3v) is 5.84. The smallest absolute Gasteiger partial charge is 0.407 e. The Balaban J connectivity index is 2.00. The maximum absolute atomic E-state index is 12.5. The number of ether oxygens (including phenoxy) is 3. The Kier molecular flexibility index (Phi) is 8.15. The summed E-state index contributed by atoms with van der Waals surface area (Å²) in [5.74, 6) is -0.352. The molecule has 31 heavy (non-hydrogen) atoms. The van der Waals surface area contributed by atoms with E-state index >= 15 is 0 Å². The number of carbonyl (C=O) groups excluding carboxylic acids is 2. The minimum absolute atomic E-state index is 0.113. The SMILES string of the molecule is CC(C)(CCOCc1ccccc1)C[C@H](NC(=O)OC(C)(C)C)[C@H]1COC(=O)C1(C)C. The van der Waals surface area contributed by atoms with E-state index in [-0.39, 0.29) is 23.3 Å². The van der Waals surface area contributed by atoms with Gasteiger partial charge in [-0.25, -0.2) is 4.79 Å². The summed E-state index contributed by atoms with van der Waals surface area (Å²) in [6, 6.07) is 9.84. The first-order valence-electron chi connectivity index (χ1n) is 11.1. The molecule has 2 rings (SSSR count). The highest BCUT2D eigenvalue weighted by molar-refractivity contribution is 5.78. The number of esters is 1. The van der Waals surface area contributed by atoms with Gasteiger partial charge in [0.25, 0.3) is 0 Å². The predicted molar refractivity (Wildman–Crippen MR) is 121 cm³/mol. The van der Waals surface area contributed by atoms with Gasteiger partial charge in [0.1, 0.15) is 5.60 Å². The molecule has 6 nitrogen and oxygen atoms in total. The Bertz CT molecular complexity index is 736. The van der Waals surface area contributed by atoms with E-state index < -0.39 is 17.1 Å². The number of cyclic esters (lactones) is 1. The molecule has 1 heterocycles. The third kappa shape index (κ3) is 7.84. The number of rotatable bonds is 9. The molecular weight excluding hydrogens is 394 g/mol. The van der Waals surface area contributed by atoms with Gasteiger partial charge < -0.3 is 19.5 Å². The Morgan fingerprint density at radius 3 is 2.39 bits per heavy atom. The zero-order valence-electron chi connectivity index (χ0n) is 20.1. The van der Waals surface area contributed by atoms with Crippen LogP contribution in [-0.2, 0) is 25.6 Å². The Morgan fingerprint density at radius 2 is 1.84 bits per heavy atom. The van der Waals surface area contributed by atoms with E-state index in [4.69, 9.17) is 14.2 Å². The highest BCUT2D eigenvalue weighted by Gasteiger charge is 2.49. The maximum atomic E-state index is 12.5. The summed E-state index contributed by atoms with van der Waals surface area (Å²) < 4.78 is 16.7. The zero-order chi connectivity index (χ0) is 23.3. The Morgan fingerprint density at radius 1 is 1.19 bits per heavy atom. The van der Waals surface area contributed by atoms with Crippen molar-refractivity contribution in [1.82, 2.24) is 5.32 Å². The van der Waals surface area contributed by atoms with Crippen molar-refractivity contribution in [2.75, 3.05) is 13.2 Å². The van der Waals surface area contributed by atoms with Crippen molar-refractivity contribution in [2.45, 2.75) is 79.6 Å². The van der Waals surface area contributed by atoms with E-state index in [0.29, 0.717) is 26.2 Å². The fraction of sp³-hybridized carbons (Fsp3) is 0.680. The molecule has 0 aliphatic carbocycles. The molecule has 1 aromatic rings. The summed E-state index contributed by atoms with van der Waals surface area (Å²) in [4.78, 5) is 24.8. The number of benzene rings is 1. The van der Waals surface area contributed by atoms with Crippen LogP contribution >= 0.6 is 0 Å². The van der Waals surface area contributed by atoms with E-state index in [0.717, 1.165) is 12.0 Å². The second-order valence-corrected chi connectivity index (χ2v) is 10.8. The molecule has 1 aliphatic heterocycles. The number of nitrogens with one attached hydrogen (secondary N) is 1. The van der Waals surface area contributed by atoms with Crippen LogP contribution in [0.3, 0.4) is 0 Å². The Hall–Kier alpha value is -2.08. The summed E-state index contributed by atoms with van der Waals surface area (Å²) in [6.07, 6.45) is 1.05. The summed E-state index contributed by atoms with van der Waals surface area (Å²) in [5.41, 5.74) is -0.224. The van der Waals surface area contributed by atoms with Crippen molar-refractivity contribution in [3.05, 3.63) is 35.9 Å². The average Bonchev–Trinajstić information content (AvgIpc) is 2.90. The molecule has 2 atom stereocenters. The summed E-state index contributed by atoms with van der Waals surface area (Å²) in [7, 11) is 0. The van der Waals surface area contributed by atoms with Gasteiger partial charge in [0.05, 0.1) is 18.6 Å². The molecule has 174 valence electrons. The molecule has 0 saturated carbocycles. The van der Waals surface area contributed by atoms with Gasteiger partial charge in [-0.15, -0.1) is 0 Å². The molecule has 0 radical (unpaired) electrons. The fourth-order valence-corrected chi connectivity index (χ4v) is 3.89. The van der Waals surface area contributed by atoms with Gasteiger partial charge in [-0.1, -0.05) is 44.2 Å². The average molecular weight is 434 g/mol. The predicted octanol–water partition coefficient (Wildman–Crippen LogP) is 5.10. The maximum Gasteiger partial charge on any atom is 0.407 e. The lowest BCUT2D eigenvalue weighted by Crippen LogP contribution is -2.49. The van der Waals surface area contributed by atoms with Crippen LogP contribution in [0, 0.1) is 16.7 Å². The monoisotopic (exact) mass is 433 g/mol. The molecule has 1 aromatic carbocycles. The number of hydrogen-bond acceptors (Lipinski definition) is 5. The van der Waals surface area contributed by atoms with Crippen LogP contribution in [0.15, 0.2) is 30.3 Å². The largest absolute Gasteiger partial charge is 0.465 e. The summed E-state index contributed by atoms with van der Waals surface area (Å²) in [5, 5.41) is 3.03. The molecule has 0 aromatic heterocycles. The van der Waals surface area contributed by atoms with Crippen LogP contribution in [0.2, 0.25) is 0 Å². The first-order chi connectivity index (χ1) is 14.3. The van der Waals surface area contributed by atoms with Crippen molar-refractivity contribution in [2.24, 2.45) is 16.7 Å². The van der Waals surface area contributed by atoms with Crippen LogP contribution in [0.1, 0.15) is 66.9 Å². The molecule has 1 N–H and O–H groups in total. The number of amides is 1. The van der Waals surface area contributed by atoms with Crippen LogP contribution in [0.4, 0.5) is 4.79 Å². The molecule has 6 heteroatoms. The van der Waals surface area contributed by atoms with Crippen molar-refractivity contribution < 1.29 is 23.8 Å². The lowest BCUT2D eigenvalue weighted by Gasteiger charge is -2.36. The van der Waals surface area contributed by atoms with E-state index in [1.165, 1.54) is 0 Å². The quantitative estimate of drug-likeness (QED) is 0.433. The molecule has 1 fully saturated rings. The minimum atomic E-state index is -0.667. The van der Waals surface area contributed by atoms with Crippen LogP contribution in [0.25, 0.3) is 0 Å². The zero-order valence-corrected chi connectivity index (χ0v) is 20.1. The lowest BCUT2D eigenvalue weighted by atomic mass is 9.71. The molecule has 1 aliphatic rings. The second-order valence-electron chi connectivity index (χ2n) is 10.8. The van der Waals surface area contributed by atoms with Gasteiger partial charge in [-0.2, -0.15) is 0 Å². The van der Waals surface area contributed by atoms with E-state index in [1.54, 1.807) is 0 Å². The van der Waals surface area contributed by atoms with E-state index in [9.17, 15) is 9.59 Å². The fourth-order valence-electron chi connectivity index (χ4n) is 3.89. The van der Waals surface area contributed by atoms with Crippen LogP contribution in [0.5, 0.6) is 0 Å². The topological polar surface area (TPSA) is 73.9 Å². The Labute approximate surface area is 187 Å². The number of hydrogen-bond donors (Lipinski definition) is 1. The van der Waals surface area contributed by atoms with E-state index in [1.807, 2.05) is 65.0 Å². The standard InChI is InChI=1S/C25H39NO5/c1-23(2,3)31-22(28)26-20(19-17-30-21(27)25(19,6)7)15-24(4,5)13-14-29-16-18-11-9-8-10-12-18/h8-12,19-20H,13-17H2,1-7H3,(H,26,28)/t19-,20+/m1/s1. The van der Waals surface area contributed by atoms with E-state index in [2.05, 4.69) is 19.2 Å². The number of alkyl carbamates (subject to hydrolysis) is 1. The van der Waals surface area contributed by atoms with Gasteiger partial charge in [0.15, 0.2) is 0 Å². The summed E-state index contributed by atoms with van der Waals surface area (Å²) >= 11 is 0. The molecule has 1 amide bonds.